The maximum Gasteiger partial charge on any atom is 0.259 e. The quantitative estimate of drug-likeness (QED) is 0.352. The number of nitrogens with zero attached hydrogens (tertiary/aromatic N) is 3. The van der Waals surface area contributed by atoms with Crippen molar-refractivity contribution in [1.29, 1.82) is 0 Å². The Kier molecular flexibility index (Phi) is 6.54. The largest absolute Gasteiger partial charge is 0.497 e. The Morgan fingerprint density at radius 3 is 2.74 bits per heavy atom. The summed E-state index contributed by atoms with van der Waals surface area (Å²) in [6.45, 7) is 0. The fourth-order valence-electron chi connectivity index (χ4n) is 4.76. The first-order valence-electron chi connectivity index (χ1n) is 12.3. The minimum absolute atomic E-state index is 0.0420. The van der Waals surface area contributed by atoms with Crippen LogP contribution in [0.1, 0.15) is 11.1 Å². The molecule has 0 saturated carbocycles. The predicted molar refractivity (Wildman–Crippen MR) is 153 cm³/mol. The van der Waals surface area contributed by atoms with Gasteiger partial charge in [0.2, 0.25) is 5.91 Å². The first-order chi connectivity index (χ1) is 19.1. The van der Waals surface area contributed by atoms with Gasteiger partial charge < -0.3 is 19.8 Å². The van der Waals surface area contributed by atoms with Gasteiger partial charge in [0, 0.05) is 35.2 Å². The van der Waals surface area contributed by atoms with Crippen molar-refractivity contribution < 1.29 is 19.1 Å². The highest BCUT2D eigenvalue weighted by molar-refractivity contribution is 8.14. The van der Waals surface area contributed by atoms with Gasteiger partial charge in [-0.3, -0.25) is 14.6 Å². The lowest BCUT2D eigenvalue weighted by atomic mass is 10.1. The van der Waals surface area contributed by atoms with E-state index in [-0.39, 0.29) is 17.6 Å². The van der Waals surface area contributed by atoms with Crippen molar-refractivity contribution >= 4 is 56.9 Å². The lowest BCUT2D eigenvalue weighted by Crippen LogP contribution is -2.41. The Morgan fingerprint density at radius 1 is 1.08 bits per heavy atom. The molecule has 196 valence electrons. The van der Waals surface area contributed by atoms with Crippen LogP contribution in [0.4, 0.5) is 11.4 Å². The Balaban J connectivity index is 1.23. The molecule has 9 nitrogen and oxygen atoms in total. The summed E-state index contributed by atoms with van der Waals surface area (Å²) >= 11 is 1.19. The van der Waals surface area contributed by atoms with Gasteiger partial charge in [0.15, 0.2) is 5.17 Å². The number of methoxy groups -OCH3 is 2. The predicted octanol–water partition coefficient (Wildman–Crippen LogP) is 4.76. The number of para-hydroxylation sites is 2. The molecule has 39 heavy (non-hydrogen) atoms. The van der Waals surface area contributed by atoms with E-state index in [2.05, 4.69) is 10.3 Å². The molecule has 0 bridgehead atoms. The van der Waals surface area contributed by atoms with Crippen LogP contribution >= 0.6 is 11.8 Å². The Hall–Kier alpha value is -4.57. The van der Waals surface area contributed by atoms with Gasteiger partial charge in [0.05, 0.1) is 31.3 Å². The lowest BCUT2D eigenvalue weighted by molar-refractivity contribution is -0.124. The zero-order valence-electron chi connectivity index (χ0n) is 21.3. The van der Waals surface area contributed by atoms with E-state index in [1.165, 1.54) is 18.9 Å². The molecule has 1 atom stereocenters. The summed E-state index contributed by atoms with van der Waals surface area (Å²) in [7, 11) is 3.09. The average molecular weight is 540 g/mol. The number of carbonyl (C=O) groups excluding carboxylic acids is 2. The van der Waals surface area contributed by atoms with Crippen LogP contribution in [0.5, 0.6) is 11.5 Å². The molecule has 1 aromatic heterocycles. The number of hydrogen-bond donors (Lipinski definition) is 2. The van der Waals surface area contributed by atoms with E-state index in [0.29, 0.717) is 40.3 Å². The van der Waals surface area contributed by atoms with Crippen LogP contribution in [-0.4, -0.2) is 58.7 Å². The van der Waals surface area contributed by atoms with Crippen LogP contribution in [0.25, 0.3) is 10.9 Å². The van der Waals surface area contributed by atoms with Crippen molar-refractivity contribution in [1.82, 2.24) is 9.88 Å². The SMILES string of the molecule is COc1ccc(NC(=O)CSC2=Nc3ccccc3C3=NC(Cc4c[nH]c5ccccc45)C(=O)N23)c(OC)c1. The number of ether oxygens (including phenoxy) is 2. The third-order valence-corrected chi connectivity index (χ3v) is 7.59. The van der Waals surface area contributed by atoms with Crippen LogP contribution < -0.4 is 14.8 Å². The Bertz CT molecular complexity index is 1660. The molecule has 3 heterocycles. The molecule has 0 radical (unpaired) electrons. The summed E-state index contributed by atoms with van der Waals surface area (Å²) in [5, 5.41) is 4.37. The molecule has 2 aliphatic heterocycles. The van der Waals surface area contributed by atoms with Gasteiger partial charge in [-0.1, -0.05) is 42.1 Å². The van der Waals surface area contributed by atoms with Crippen molar-refractivity contribution in [3.63, 3.8) is 0 Å². The molecule has 6 rings (SSSR count). The number of anilines is 1. The van der Waals surface area contributed by atoms with E-state index in [1.807, 2.05) is 54.7 Å². The Morgan fingerprint density at radius 2 is 1.90 bits per heavy atom. The van der Waals surface area contributed by atoms with Crippen LogP contribution in [0.2, 0.25) is 0 Å². The van der Waals surface area contributed by atoms with Crippen LogP contribution in [0.15, 0.2) is 82.9 Å². The zero-order chi connectivity index (χ0) is 26.9. The minimum atomic E-state index is -0.589. The number of aromatic nitrogens is 1. The maximum absolute atomic E-state index is 13.7. The van der Waals surface area contributed by atoms with Gasteiger partial charge in [-0.25, -0.2) is 9.89 Å². The van der Waals surface area contributed by atoms with Gasteiger partial charge in [0.1, 0.15) is 23.4 Å². The van der Waals surface area contributed by atoms with Gasteiger partial charge in [0.25, 0.3) is 5.91 Å². The molecule has 2 amide bonds. The molecule has 2 N–H and O–H groups in total. The number of H-pyrrole nitrogens is 1. The third kappa shape index (κ3) is 4.63. The highest BCUT2D eigenvalue weighted by atomic mass is 32.2. The summed E-state index contributed by atoms with van der Waals surface area (Å²) in [5.74, 6) is 1.30. The van der Waals surface area contributed by atoms with E-state index >= 15 is 0 Å². The van der Waals surface area contributed by atoms with Gasteiger partial charge in [-0.05, 0) is 35.9 Å². The summed E-state index contributed by atoms with van der Waals surface area (Å²) in [6.07, 6.45) is 2.39. The van der Waals surface area contributed by atoms with Crippen molar-refractivity contribution in [2.75, 3.05) is 25.3 Å². The van der Waals surface area contributed by atoms with E-state index in [9.17, 15) is 9.59 Å². The minimum Gasteiger partial charge on any atom is -0.497 e. The molecule has 0 fully saturated rings. The number of nitrogens with one attached hydrogen (secondary N) is 2. The third-order valence-electron chi connectivity index (χ3n) is 6.65. The highest BCUT2D eigenvalue weighted by Gasteiger charge is 2.41. The Labute approximate surface area is 228 Å². The van der Waals surface area contributed by atoms with Crippen LogP contribution in [-0.2, 0) is 16.0 Å². The van der Waals surface area contributed by atoms with E-state index < -0.39 is 6.04 Å². The number of benzene rings is 3. The van der Waals surface area contributed by atoms with Crippen LogP contribution in [0, 0.1) is 0 Å². The van der Waals surface area contributed by atoms with E-state index in [0.717, 1.165) is 22.0 Å². The smallest absolute Gasteiger partial charge is 0.259 e. The second-order valence-corrected chi connectivity index (χ2v) is 9.96. The second kappa shape index (κ2) is 10.3. The van der Waals surface area contributed by atoms with Crippen molar-refractivity contribution in [2.45, 2.75) is 12.5 Å². The fraction of sp³-hybridized carbons (Fsp3) is 0.172. The number of amides is 2. The normalized spacial score (nSPS) is 15.9. The van der Waals surface area contributed by atoms with Crippen molar-refractivity contribution in [2.24, 2.45) is 9.98 Å². The zero-order valence-corrected chi connectivity index (χ0v) is 22.1. The summed E-state index contributed by atoms with van der Waals surface area (Å²) in [5.41, 5.74) is 4.08. The number of aliphatic imine (C=N–C) groups is 2. The lowest BCUT2D eigenvalue weighted by Gasteiger charge is -2.25. The highest BCUT2D eigenvalue weighted by Crippen LogP contribution is 2.35. The number of rotatable bonds is 7. The summed E-state index contributed by atoms with van der Waals surface area (Å²) < 4.78 is 10.6. The van der Waals surface area contributed by atoms with E-state index in [4.69, 9.17) is 19.5 Å². The second-order valence-electron chi connectivity index (χ2n) is 9.02. The summed E-state index contributed by atoms with van der Waals surface area (Å²) in [4.78, 5) is 41.0. The average Bonchev–Trinajstić information content (AvgIpc) is 3.53. The standard InChI is InChI=1S/C29H25N5O4S/c1-37-18-11-12-23(25(14-18)38-2)31-26(35)16-39-29-33-22-10-6-4-8-20(22)27-32-24(28(36)34(27)29)13-17-15-30-21-9-5-3-7-19(17)21/h3-12,14-15,24,30H,13,16H2,1-2H3,(H,31,35). The molecular formula is C29H25N5O4S. The molecule has 10 heteroatoms. The van der Waals surface area contributed by atoms with Crippen molar-refractivity contribution in [3.8, 4) is 11.5 Å². The van der Waals surface area contributed by atoms with E-state index in [1.54, 1.807) is 30.2 Å². The molecular weight excluding hydrogens is 514 g/mol. The molecule has 4 aromatic rings. The maximum atomic E-state index is 13.7. The molecule has 1 unspecified atom stereocenters. The molecule has 0 saturated heterocycles. The van der Waals surface area contributed by atoms with Gasteiger partial charge >= 0.3 is 0 Å². The molecule has 3 aromatic carbocycles. The molecule has 0 spiro atoms. The van der Waals surface area contributed by atoms with Crippen LogP contribution in [0.3, 0.4) is 0 Å². The number of aromatic amines is 1. The number of amidine groups is 2. The number of carbonyl (C=O) groups is 2. The van der Waals surface area contributed by atoms with Crippen molar-refractivity contribution in [3.05, 3.63) is 84.1 Å². The topological polar surface area (TPSA) is 108 Å². The first-order valence-corrected chi connectivity index (χ1v) is 13.3. The first kappa shape index (κ1) is 24.7. The summed E-state index contributed by atoms with van der Waals surface area (Å²) in [6, 6.07) is 20.2. The number of hydrogen-bond acceptors (Lipinski definition) is 7. The molecule has 2 aliphatic rings. The van der Waals surface area contributed by atoms with Gasteiger partial charge in [-0.2, -0.15) is 0 Å². The monoisotopic (exact) mass is 539 g/mol. The fourth-order valence-corrected chi connectivity index (χ4v) is 5.56. The number of fused-ring (bicyclic) bond motifs is 4. The number of thioether (sulfide) groups is 1. The molecule has 0 aliphatic carbocycles. The van der Waals surface area contributed by atoms with Gasteiger partial charge in [-0.15, -0.1) is 0 Å².